The largest absolute Gasteiger partial charge is 0.361 e. The highest BCUT2D eigenvalue weighted by molar-refractivity contribution is 5.30. The first kappa shape index (κ1) is 10.3. The Morgan fingerprint density at radius 1 is 1.31 bits per heavy atom. The van der Waals surface area contributed by atoms with E-state index in [9.17, 15) is 0 Å². The fraction of sp³-hybridized carbons (Fsp3) is 0.769. The molecule has 1 saturated heterocycles. The number of hydrogen-bond donors (Lipinski definition) is 0. The SMILES string of the molecule is CC(C)N1CCC2(CCc3cnoc32)CC1. The molecule has 0 N–H and O–H groups in total. The maximum absolute atomic E-state index is 5.50. The molecule has 16 heavy (non-hydrogen) atoms. The molecular formula is C13H20N2O. The third-order valence-corrected chi connectivity index (χ3v) is 4.48. The van der Waals surface area contributed by atoms with Gasteiger partial charge in [-0.3, -0.25) is 0 Å². The van der Waals surface area contributed by atoms with Crippen LogP contribution < -0.4 is 0 Å². The molecule has 1 aliphatic heterocycles. The minimum Gasteiger partial charge on any atom is -0.361 e. The van der Waals surface area contributed by atoms with Gasteiger partial charge in [0.1, 0.15) is 5.76 Å². The zero-order valence-electron chi connectivity index (χ0n) is 10.2. The van der Waals surface area contributed by atoms with Crippen LogP contribution in [0.3, 0.4) is 0 Å². The van der Waals surface area contributed by atoms with Gasteiger partial charge in [0.2, 0.25) is 0 Å². The molecule has 1 aliphatic carbocycles. The highest BCUT2D eigenvalue weighted by atomic mass is 16.5. The summed E-state index contributed by atoms with van der Waals surface area (Å²) in [7, 11) is 0. The van der Waals surface area contributed by atoms with Crippen LogP contribution in [0, 0.1) is 0 Å². The molecule has 0 aromatic carbocycles. The molecular weight excluding hydrogens is 200 g/mol. The lowest BCUT2D eigenvalue weighted by Crippen LogP contribution is -2.44. The van der Waals surface area contributed by atoms with E-state index < -0.39 is 0 Å². The molecule has 3 heteroatoms. The third-order valence-electron chi connectivity index (χ3n) is 4.48. The van der Waals surface area contributed by atoms with Gasteiger partial charge in [-0.05, 0) is 52.6 Å². The summed E-state index contributed by atoms with van der Waals surface area (Å²) < 4.78 is 5.50. The van der Waals surface area contributed by atoms with Crippen LogP contribution in [0.4, 0.5) is 0 Å². The van der Waals surface area contributed by atoms with E-state index in [1.165, 1.54) is 50.1 Å². The molecule has 0 unspecified atom stereocenters. The quantitative estimate of drug-likeness (QED) is 0.727. The average Bonchev–Trinajstić information content (AvgIpc) is 2.85. The summed E-state index contributed by atoms with van der Waals surface area (Å²) in [5.74, 6) is 1.20. The number of nitrogens with zero attached hydrogens (tertiary/aromatic N) is 2. The number of fused-ring (bicyclic) bond motifs is 2. The van der Waals surface area contributed by atoms with E-state index in [-0.39, 0.29) is 0 Å². The summed E-state index contributed by atoms with van der Waals surface area (Å²) in [5.41, 5.74) is 1.69. The van der Waals surface area contributed by atoms with Crippen molar-refractivity contribution in [1.82, 2.24) is 10.1 Å². The van der Waals surface area contributed by atoms with E-state index in [1.54, 1.807) is 0 Å². The standard InChI is InChI=1S/C13H20N2O/c1-10(2)15-7-5-13(6-8-15)4-3-11-9-14-16-12(11)13/h9-10H,3-8H2,1-2H3. The van der Waals surface area contributed by atoms with Crippen LogP contribution >= 0.6 is 0 Å². The summed E-state index contributed by atoms with van der Waals surface area (Å²) >= 11 is 0. The van der Waals surface area contributed by atoms with Crippen LogP contribution in [0.15, 0.2) is 10.7 Å². The van der Waals surface area contributed by atoms with Crippen molar-refractivity contribution in [3.8, 4) is 0 Å². The summed E-state index contributed by atoms with van der Waals surface area (Å²) in [4.78, 5) is 2.57. The van der Waals surface area contributed by atoms with Gasteiger partial charge in [-0.1, -0.05) is 5.16 Å². The van der Waals surface area contributed by atoms with E-state index in [4.69, 9.17) is 4.52 Å². The van der Waals surface area contributed by atoms with Gasteiger partial charge in [0.15, 0.2) is 0 Å². The second-order valence-electron chi connectivity index (χ2n) is 5.59. The van der Waals surface area contributed by atoms with E-state index in [0.717, 1.165) is 0 Å². The smallest absolute Gasteiger partial charge is 0.146 e. The van der Waals surface area contributed by atoms with Crippen molar-refractivity contribution < 1.29 is 4.52 Å². The Kier molecular flexibility index (Phi) is 2.32. The fourth-order valence-electron chi connectivity index (χ4n) is 3.31. The molecule has 0 amide bonds. The Labute approximate surface area is 96.8 Å². The van der Waals surface area contributed by atoms with Crippen LogP contribution in [-0.2, 0) is 11.8 Å². The summed E-state index contributed by atoms with van der Waals surface area (Å²) in [6, 6.07) is 0.674. The van der Waals surface area contributed by atoms with Gasteiger partial charge in [-0.25, -0.2) is 0 Å². The number of piperidine rings is 1. The molecule has 0 saturated carbocycles. The molecule has 2 heterocycles. The van der Waals surface area contributed by atoms with Gasteiger partial charge < -0.3 is 9.42 Å². The lowest BCUT2D eigenvalue weighted by molar-refractivity contribution is 0.113. The molecule has 1 fully saturated rings. The molecule has 1 spiro atoms. The van der Waals surface area contributed by atoms with Gasteiger partial charge in [0.25, 0.3) is 0 Å². The lowest BCUT2D eigenvalue weighted by Gasteiger charge is -2.40. The molecule has 1 aromatic rings. The molecule has 3 nitrogen and oxygen atoms in total. The topological polar surface area (TPSA) is 29.3 Å². The van der Waals surface area contributed by atoms with Crippen LogP contribution in [-0.4, -0.2) is 29.2 Å². The Hall–Kier alpha value is -0.830. The van der Waals surface area contributed by atoms with Crippen LogP contribution in [0.2, 0.25) is 0 Å². The predicted molar refractivity (Wildman–Crippen MR) is 62.4 cm³/mol. The van der Waals surface area contributed by atoms with Crippen molar-refractivity contribution in [1.29, 1.82) is 0 Å². The van der Waals surface area contributed by atoms with E-state index in [2.05, 4.69) is 23.9 Å². The first-order valence-electron chi connectivity index (χ1n) is 6.39. The van der Waals surface area contributed by atoms with Crippen molar-refractivity contribution in [2.24, 2.45) is 0 Å². The second kappa shape index (κ2) is 3.59. The van der Waals surface area contributed by atoms with Crippen molar-refractivity contribution in [2.45, 2.75) is 51.0 Å². The Bertz CT molecular complexity index is 375. The average molecular weight is 220 g/mol. The van der Waals surface area contributed by atoms with Gasteiger partial charge in [0, 0.05) is 17.0 Å². The molecule has 0 radical (unpaired) electrons. The van der Waals surface area contributed by atoms with E-state index in [1.807, 2.05) is 6.20 Å². The maximum atomic E-state index is 5.50. The molecule has 0 bridgehead atoms. The summed E-state index contributed by atoms with van der Waals surface area (Å²) in [6.07, 6.45) is 6.84. The Morgan fingerprint density at radius 2 is 2.06 bits per heavy atom. The zero-order chi connectivity index (χ0) is 11.2. The minimum atomic E-state index is 0.331. The van der Waals surface area contributed by atoms with Crippen LogP contribution in [0.5, 0.6) is 0 Å². The van der Waals surface area contributed by atoms with Crippen molar-refractivity contribution in [3.05, 3.63) is 17.5 Å². The number of aryl methyl sites for hydroxylation is 1. The number of likely N-dealkylation sites (tertiary alicyclic amines) is 1. The normalized spacial score (nSPS) is 24.2. The van der Waals surface area contributed by atoms with Gasteiger partial charge in [0.05, 0.1) is 6.20 Å². The lowest BCUT2D eigenvalue weighted by atomic mass is 9.76. The molecule has 3 rings (SSSR count). The van der Waals surface area contributed by atoms with Crippen LogP contribution in [0.25, 0.3) is 0 Å². The first-order chi connectivity index (χ1) is 7.71. The molecule has 88 valence electrons. The molecule has 0 atom stereocenters. The zero-order valence-corrected chi connectivity index (χ0v) is 10.2. The van der Waals surface area contributed by atoms with Crippen molar-refractivity contribution in [3.63, 3.8) is 0 Å². The minimum absolute atomic E-state index is 0.331. The molecule has 1 aromatic heterocycles. The van der Waals surface area contributed by atoms with E-state index in [0.29, 0.717) is 11.5 Å². The Morgan fingerprint density at radius 3 is 2.75 bits per heavy atom. The number of aromatic nitrogens is 1. The number of hydrogen-bond acceptors (Lipinski definition) is 3. The summed E-state index contributed by atoms with van der Waals surface area (Å²) in [5, 5.41) is 3.96. The number of rotatable bonds is 1. The summed E-state index contributed by atoms with van der Waals surface area (Å²) in [6.45, 7) is 6.98. The van der Waals surface area contributed by atoms with Gasteiger partial charge in [-0.2, -0.15) is 0 Å². The van der Waals surface area contributed by atoms with E-state index >= 15 is 0 Å². The first-order valence-corrected chi connectivity index (χ1v) is 6.39. The van der Waals surface area contributed by atoms with Gasteiger partial charge >= 0.3 is 0 Å². The second-order valence-corrected chi connectivity index (χ2v) is 5.59. The van der Waals surface area contributed by atoms with Gasteiger partial charge in [-0.15, -0.1) is 0 Å². The third kappa shape index (κ3) is 1.41. The maximum Gasteiger partial charge on any atom is 0.146 e. The molecule has 2 aliphatic rings. The van der Waals surface area contributed by atoms with Crippen molar-refractivity contribution >= 4 is 0 Å². The fourth-order valence-corrected chi connectivity index (χ4v) is 3.31. The monoisotopic (exact) mass is 220 g/mol. The predicted octanol–water partition coefficient (Wildman–Crippen LogP) is 2.36. The van der Waals surface area contributed by atoms with Crippen LogP contribution in [0.1, 0.15) is 44.4 Å². The van der Waals surface area contributed by atoms with Crippen molar-refractivity contribution in [2.75, 3.05) is 13.1 Å². The Balaban J connectivity index is 1.79. The highest BCUT2D eigenvalue weighted by Gasteiger charge is 2.44. The highest BCUT2D eigenvalue weighted by Crippen LogP contribution is 2.46.